The Morgan fingerprint density at radius 2 is 2.05 bits per heavy atom. The van der Waals surface area contributed by atoms with Gasteiger partial charge in [-0.15, -0.1) is 0 Å². The van der Waals surface area contributed by atoms with Gasteiger partial charge < -0.3 is 19.9 Å². The van der Waals surface area contributed by atoms with Crippen molar-refractivity contribution in [1.29, 1.82) is 0 Å². The van der Waals surface area contributed by atoms with Crippen LogP contribution < -0.4 is 10.6 Å². The van der Waals surface area contributed by atoms with E-state index >= 15 is 0 Å². The van der Waals surface area contributed by atoms with E-state index in [1.165, 1.54) is 4.83 Å². The zero-order valence-electron chi connectivity index (χ0n) is 11.7. The van der Waals surface area contributed by atoms with E-state index in [1.807, 2.05) is 6.07 Å². The van der Waals surface area contributed by atoms with Crippen LogP contribution in [0.25, 0.3) is 0 Å². The van der Waals surface area contributed by atoms with E-state index in [0.29, 0.717) is 5.75 Å². The van der Waals surface area contributed by atoms with Gasteiger partial charge in [0.2, 0.25) is 0 Å². The van der Waals surface area contributed by atoms with E-state index in [-0.39, 0.29) is 19.3 Å². The van der Waals surface area contributed by atoms with Gasteiger partial charge in [0, 0.05) is 12.7 Å². The number of nitrogens with zero attached hydrogens (tertiary/aromatic N) is 1. The van der Waals surface area contributed by atoms with Crippen LogP contribution in [0.5, 0.6) is 5.75 Å². The Morgan fingerprint density at radius 3 is 2.60 bits per heavy atom. The largest absolute Gasteiger partial charge is 0.465 e. The van der Waals surface area contributed by atoms with Crippen LogP contribution in [-0.2, 0) is 14.1 Å². The molecule has 0 fully saturated rings. The number of hydroxylamine groups is 1. The average Bonchev–Trinajstić information content (AvgIpc) is 2.45. The SMILES string of the molecule is CCOC(=O)C(C)N(Oc1ccccc1)[PH](=O)CCN. The van der Waals surface area contributed by atoms with E-state index in [2.05, 4.69) is 0 Å². The first-order chi connectivity index (χ1) is 9.60. The van der Waals surface area contributed by atoms with Gasteiger partial charge in [-0.2, -0.15) is 0 Å². The number of nitrogens with two attached hydrogens (primary N) is 1. The highest BCUT2D eigenvalue weighted by Gasteiger charge is 2.28. The molecular formula is C13H21N2O4P. The highest BCUT2D eigenvalue weighted by molar-refractivity contribution is 7.41. The number of hydrogen-bond donors (Lipinski definition) is 1. The molecule has 6 nitrogen and oxygen atoms in total. The Kier molecular flexibility index (Phi) is 7.30. The van der Waals surface area contributed by atoms with E-state index in [4.69, 9.17) is 15.3 Å². The van der Waals surface area contributed by atoms with Crippen molar-refractivity contribution >= 4 is 13.9 Å². The number of rotatable bonds is 8. The maximum Gasteiger partial charge on any atom is 0.327 e. The van der Waals surface area contributed by atoms with Crippen LogP contribution in [-0.4, -0.2) is 36.2 Å². The molecule has 0 amide bonds. The number of carbonyl (C=O) groups excluding carboxylic acids is 1. The van der Waals surface area contributed by atoms with Gasteiger partial charge in [0.25, 0.3) is 0 Å². The second kappa shape index (κ2) is 8.74. The molecule has 2 atom stereocenters. The van der Waals surface area contributed by atoms with E-state index in [0.717, 1.165) is 0 Å². The molecule has 0 bridgehead atoms. The van der Waals surface area contributed by atoms with Crippen LogP contribution in [0, 0.1) is 0 Å². The molecule has 7 heteroatoms. The number of ether oxygens (including phenoxy) is 1. The molecule has 0 aliphatic rings. The average molecular weight is 300 g/mol. The quantitative estimate of drug-likeness (QED) is 0.447. The first-order valence-corrected chi connectivity index (χ1v) is 8.08. The fraction of sp³-hybridized carbons (Fsp3) is 0.462. The monoisotopic (exact) mass is 300 g/mol. The van der Waals surface area contributed by atoms with Gasteiger partial charge in [-0.05, 0) is 26.0 Å². The predicted octanol–water partition coefficient (Wildman–Crippen LogP) is 1.67. The minimum atomic E-state index is -2.30. The van der Waals surface area contributed by atoms with Crippen LogP contribution in [0.2, 0.25) is 0 Å². The second-order valence-corrected chi connectivity index (χ2v) is 5.82. The summed E-state index contributed by atoms with van der Waals surface area (Å²) >= 11 is 0. The van der Waals surface area contributed by atoms with E-state index < -0.39 is 20.0 Å². The molecule has 0 spiro atoms. The zero-order valence-corrected chi connectivity index (χ0v) is 12.7. The van der Waals surface area contributed by atoms with Crippen LogP contribution in [0.1, 0.15) is 13.8 Å². The minimum Gasteiger partial charge on any atom is -0.465 e. The fourth-order valence-electron chi connectivity index (χ4n) is 1.53. The third kappa shape index (κ3) is 4.96. The lowest BCUT2D eigenvalue weighted by Crippen LogP contribution is -2.38. The van der Waals surface area contributed by atoms with Gasteiger partial charge in [-0.3, -0.25) is 4.79 Å². The van der Waals surface area contributed by atoms with Crippen molar-refractivity contribution in [2.75, 3.05) is 19.3 Å². The summed E-state index contributed by atoms with van der Waals surface area (Å²) in [7, 11) is -2.30. The maximum atomic E-state index is 12.2. The van der Waals surface area contributed by atoms with Crippen molar-refractivity contribution in [3.05, 3.63) is 30.3 Å². The summed E-state index contributed by atoms with van der Waals surface area (Å²) in [5.41, 5.74) is 5.42. The Labute approximate surface area is 119 Å². The van der Waals surface area contributed by atoms with Crippen molar-refractivity contribution in [1.82, 2.24) is 4.83 Å². The van der Waals surface area contributed by atoms with Crippen molar-refractivity contribution in [3.63, 3.8) is 0 Å². The fourth-order valence-corrected chi connectivity index (χ4v) is 2.75. The van der Waals surface area contributed by atoms with Crippen molar-refractivity contribution in [2.24, 2.45) is 5.73 Å². The van der Waals surface area contributed by atoms with Gasteiger partial charge in [0.15, 0.2) is 7.95 Å². The first-order valence-electron chi connectivity index (χ1n) is 6.52. The molecule has 0 saturated heterocycles. The molecular weight excluding hydrogens is 279 g/mol. The molecule has 0 aromatic heterocycles. The summed E-state index contributed by atoms with van der Waals surface area (Å²) < 4.78 is 17.1. The predicted molar refractivity (Wildman–Crippen MR) is 77.9 cm³/mol. The molecule has 1 aromatic carbocycles. The Bertz CT molecular complexity index is 441. The summed E-state index contributed by atoms with van der Waals surface area (Å²) in [4.78, 5) is 18.6. The van der Waals surface area contributed by atoms with Crippen LogP contribution in [0.3, 0.4) is 0 Å². The van der Waals surface area contributed by atoms with Crippen LogP contribution >= 0.6 is 7.95 Å². The Morgan fingerprint density at radius 1 is 1.40 bits per heavy atom. The summed E-state index contributed by atoms with van der Waals surface area (Å²) in [6.45, 7) is 3.85. The summed E-state index contributed by atoms with van der Waals surface area (Å²) in [5, 5.41) is 0. The lowest BCUT2D eigenvalue weighted by atomic mass is 10.3. The summed E-state index contributed by atoms with van der Waals surface area (Å²) in [6.07, 6.45) is 0.279. The van der Waals surface area contributed by atoms with Crippen molar-refractivity contribution in [2.45, 2.75) is 19.9 Å². The first kappa shape index (κ1) is 16.7. The number of hydrogen-bond acceptors (Lipinski definition) is 5. The summed E-state index contributed by atoms with van der Waals surface area (Å²) in [5.74, 6) is 0.0397. The van der Waals surface area contributed by atoms with Crippen molar-refractivity contribution < 1.29 is 18.9 Å². The van der Waals surface area contributed by atoms with E-state index in [1.54, 1.807) is 38.1 Å². The van der Waals surface area contributed by atoms with Gasteiger partial charge in [0.05, 0.1) is 6.61 Å². The van der Waals surface area contributed by atoms with Crippen molar-refractivity contribution in [3.8, 4) is 5.75 Å². The smallest absolute Gasteiger partial charge is 0.327 e. The molecule has 0 saturated carbocycles. The third-order valence-corrected chi connectivity index (χ3v) is 4.22. The van der Waals surface area contributed by atoms with Gasteiger partial charge >= 0.3 is 5.97 Å². The minimum absolute atomic E-state index is 0.264. The second-order valence-electron chi connectivity index (χ2n) is 4.09. The number of benzene rings is 1. The van der Waals surface area contributed by atoms with Gasteiger partial charge in [-0.1, -0.05) is 23.0 Å². The normalized spacial score (nSPS) is 13.8. The maximum absolute atomic E-state index is 12.2. The molecule has 1 aromatic rings. The Hall–Kier alpha value is -1.36. The molecule has 2 unspecified atom stereocenters. The highest BCUT2D eigenvalue weighted by atomic mass is 31.1. The Balaban J connectivity index is 2.84. The molecule has 0 heterocycles. The number of esters is 1. The summed E-state index contributed by atoms with van der Waals surface area (Å²) in [6, 6.07) is 8.12. The molecule has 0 aliphatic heterocycles. The van der Waals surface area contributed by atoms with Gasteiger partial charge in [0.1, 0.15) is 11.8 Å². The standard InChI is InChI=1S/C13H21N2O4P/c1-3-18-13(16)11(2)15(20(17)10-9-14)19-12-7-5-4-6-8-12/h4-8,11,20H,3,9-10,14H2,1-2H3. The molecule has 20 heavy (non-hydrogen) atoms. The molecule has 0 aliphatic carbocycles. The molecule has 1 rings (SSSR count). The molecule has 2 N–H and O–H groups in total. The zero-order chi connectivity index (χ0) is 15.0. The molecule has 0 radical (unpaired) electrons. The molecule has 112 valence electrons. The van der Waals surface area contributed by atoms with Gasteiger partial charge in [-0.25, -0.2) is 0 Å². The van der Waals surface area contributed by atoms with E-state index in [9.17, 15) is 9.36 Å². The number of para-hydroxylation sites is 1. The topological polar surface area (TPSA) is 81.9 Å². The van der Waals surface area contributed by atoms with Crippen LogP contribution in [0.15, 0.2) is 30.3 Å². The number of carbonyl (C=O) groups is 1. The lowest BCUT2D eigenvalue weighted by Gasteiger charge is -2.26. The lowest BCUT2D eigenvalue weighted by molar-refractivity contribution is -0.153. The third-order valence-electron chi connectivity index (χ3n) is 2.53. The van der Waals surface area contributed by atoms with Crippen LogP contribution in [0.4, 0.5) is 0 Å². The highest BCUT2D eigenvalue weighted by Crippen LogP contribution is 2.31.